The second-order valence-corrected chi connectivity index (χ2v) is 10.5. The number of piperidine rings is 1. The Hall–Kier alpha value is -2.73. The molecule has 1 aliphatic rings. The van der Waals surface area contributed by atoms with Gasteiger partial charge in [0, 0.05) is 24.5 Å². The topological polar surface area (TPSA) is 109 Å². The van der Waals surface area contributed by atoms with E-state index < -0.39 is 20.7 Å². The Morgan fingerprint density at radius 2 is 1.91 bits per heavy atom. The van der Waals surface area contributed by atoms with Crippen molar-refractivity contribution in [1.29, 1.82) is 0 Å². The Morgan fingerprint density at radius 1 is 1.26 bits per heavy atom. The summed E-state index contributed by atoms with van der Waals surface area (Å²) in [6.45, 7) is 3.61. The van der Waals surface area contributed by atoms with Crippen LogP contribution in [0.1, 0.15) is 31.4 Å². The van der Waals surface area contributed by atoms with Crippen LogP contribution in [-0.2, 0) is 14.8 Å². The molecule has 8 nitrogen and oxygen atoms in total. The van der Waals surface area contributed by atoms with Crippen LogP contribution in [0.25, 0.3) is 0 Å². The first-order valence-corrected chi connectivity index (χ1v) is 13.5. The maximum atomic E-state index is 14.8. The van der Waals surface area contributed by atoms with Gasteiger partial charge in [-0.25, -0.2) is 17.8 Å². The van der Waals surface area contributed by atoms with Crippen LogP contribution in [-0.4, -0.2) is 49.1 Å². The molecule has 188 valence electrons. The quantitative estimate of drug-likeness (QED) is 0.403. The van der Waals surface area contributed by atoms with Crippen LogP contribution in [0, 0.1) is 5.82 Å². The molecule has 1 saturated heterocycles. The molecule has 1 aliphatic heterocycles. The molecule has 1 fully saturated rings. The fourth-order valence-electron chi connectivity index (χ4n) is 3.77. The number of carboxylic acid groups (broad SMARTS) is 1. The van der Waals surface area contributed by atoms with Gasteiger partial charge in [-0.15, -0.1) is 11.3 Å². The smallest absolute Gasteiger partial charge is 0.290 e. The number of benzene rings is 2. The Kier molecular flexibility index (Phi) is 9.44. The van der Waals surface area contributed by atoms with E-state index >= 15 is 0 Å². The molecule has 2 heterocycles. The van der Waals surface area contributed by atoms with Gasteiger partial charge in [-0.3, -0.25) is 14.4 Å². The van der Waals surface area contributed by atoms with Gasteiger partial charge in [0.2, 0.25) is 0 Å². The largest absolute Gasteiger partial charge is 0.489 e. The molecule has 0 radical (unpaired) electrons. The van der Waals surface area contributed by atoms with Gasteiger partial charge in [0.1, 0.15) is 21.8 Å². The van der Waals surface area contributed by atoms with E-state index in [4.69, 9.17) is 26.2 Å². The zero-order chi connectivity index (χ0) is 25.4. The van der Waals surface area contributed by atoms with E-state index in [1.807, 2.05) is 18.2 Å². The van der Waals surface area contributed by atoms with Gasteiger partial charge in [-0.2, -0.15) is 0 Å². The monoisotopic (exact) mass is 541 g/mol. The lowest BCUT2D eigenvalue weighted by molar-refractivity contribution is -0.122. The fraction of sp³-hybridized carbons (Fsp3) is 0.304. The van der Waals surface area contributed by atoms with Crippen LogP contribution in [0.4, 0.5) is 10.2 Å². The second-order valence-electron chi connectivity index (χ2n) is 7.71. The predicted octanol–water partition coefficient (Wildman–Crippen LogP) is 5.04. The summed E-state index contributed by atoms with van der Waals surface area (Å²) in [6, 6.07) is 13.2. The second kappa shape index (κ2) is 12.3. The third-order valence-corrected chi connectivity index (χ3v) is 7.88. The molecular formula is C23H25ClFN3O5S2. The number of thiazole rings is 1. The fourth-order valence-corrected chi connectivity index (χ4v) is 5.68. The first-order valence-electron chi connectivity index (χ1n) is 10.7. The van der Waals surface area contributed by atoms with Crippen LogP contribution >= 0.6 is 22.9 Å². The Morgan fingerprint density at radius 3 is 2.51 bits per heavy atom. The van der Waals surface area contributed by atoms with E-state index in [-0.39, 0.29) is 29.2 Å². The SMILES string of the molecule is C[C@H](c1ccccc1)N1CCC(Oc2ccc(S(=O)(=O)Nc3cscn3)c(F)c2Cl)CC1.O=CO. The molecule has 1 aromatic heterocycles. The van der Waals surface area contributed by atoms with Gasteiger partial charge < -0.3 is 9.84 Å². The van der Waals surface area contributed by atoms with Crippen LogP contribution in [0.5, 0.6) is 5.75 Å². The number of hydrogen-bond donors (Lipinski definition) is 2. The third-order valence-electron chi connectivity index (χ3n) is 5.57. The summed E-state index contributed by atoms with van der Waals surface area (Å²) < 4.78 is 48.0. The summed E-state index contributed by atoms with van der Waals surface area (Å²) in [5.74, 6) is -0.768. The molecule has 0 aliphatic carbocycles. The van der Waals surface area contributed by atoms with Crippen molar-refractivity contribution in [3.8, 4) is 5.75 Å². The van der Waals surface area contributed by atoms with E-state index in [1.165, 1.54) is 33.9 Å². The molecule has 1 atom stereocenters. The molecule has 2 aromatic carbocycles. The highest BCUT2D eigenvalue weighted by atomic mass is 35.5. The van der Waals surface area contributed by atoms with Crippen molar-refractivity contribution in [3.63, 3.8) is 0 Å². The lowest BCUT2D eigenvalue weighted by Crippen LogP contribution is -2.39. The molecule has 2 N–H and O–H groups in total. The van der Waals surface area contributed by atoms with Crippen molar-refractivity contribution in [2.75, 3.05) is 17.8 Å². The lowest BCUT2D eigenvalue weighted by Gasteiger charge is -2.36. The average molecular weight is 542 g/mol. The van der Waals surface area contributed by atoms with E-state index in [2.05, 4.69) is 33.7 Å². The molecule has 12 heteroatoms. The van der Waals surface area contributed by atoms with E-state index in [9.17, 15) is 12.8 Å². The van der Waals surface area contributed by atoms with Gasteiger partial charge in [0.25, 0.3) is 16.5 Å². The lowest BCUT2D eigenvalue weighted by atomic mass is 10.0. The van der Waals surface area contributed by atoms with Crippen molar-refractivity contribution >= 4 is 45.3 Å². The summed E-state index contributed by atoms with van der Waals surface area (Å²) in [4.78, 5) is 14.1. The zero-order valence-electron chi connectivity index (χ0n) is 18.8. The highest BCUT2D eigenvalue weighted by Gasteiger charge is 2.28. The number of likely N-dealkylation sites (tertiary alicyclic amines) is 1. The molecule has 35 heavy (non-hydrogen) atoms. The van der Waals surface area contributed by atoms with Crippen molar-refractivity contribution in [2.45, 2.75) is 36.8 Å². The van der Waals surface area contributed by atoms with Crippen LogP contribution < -0.4 is 9.46 Å². The summed E-state index contributed by atoms with van der Waals surface area (Å²) in [5.41, 5.74) is 2.74. The normalized spacial score (nSPS) is 15.5. The van der Waals surface area contributed by atoms with Crippen LogP contribution in [0.3, 0.4) is 0 Å². The van der Waals surface area contributed by atoms with E-state index in [0.29, 0.717) is 6.04 Å². The van der Waals surface area contributed by atoms with Gasteiger partial charge in [0.15, 0.2) is 11.6 Å². The van der Waals surface area contributed by atoms with Gasteiger partial charge >= 0.3 is 0 Å². The first-order chi connectivity index (χ1) is 16.8. The number of nitrogens with zero attached hydrogens (tertiary/aromatic N) is 2. The number of hydrogen-bond acceptors (Lipinski definition) is 7. The standard InChI is InChI=1S/C22H23ClFN3O3S2.CH2O2/c1-15(16-5-3-2-4-6-16)27-11-9-17(10-12-27)30-18-7-8-19(22(24)21(18)23)32(28,29)26-20-13-31-14-25-20;2-1-3/h2-8,13-15,17,26H,9-12H2,1H3;1H,(H,2,3)/t15-;/m1./s1. The van der Waals surface area contributed by atoms with Crippen molar-refractivity contribution < 1.29 is 27.4 Å². The number of rotatable bonds is 7. The van der Waals surface area contributed by atoms with Crippen LogP contribution in [0.15, 0.2) is 58.3 Å². The summed E-state index contributed by atoms with van der Waals surface area (Å²) in [7, 11) is -4.16. The summed E-state index contributed by atoms with van der Waals surface area (Å²) in [5, 5.41) is 8.06. The first kappa shape index (κ1) is 26.9. The van der Waals surface area contributed by atoms with Gasteiger partial charge in [-0.1, -0.05) is 41.9 Å². The number of halogens is 2. The minimum atomic E-state index is -4.16. The number of ether oxygens (including phenoxy) is 1. The van der Waals surface area contributed by atoms with Crippen molar-refractivity contribution in [3.05, 3.63) is 69.8 Å². The molecular weight excluding hydrogens is 517 g/mol. The zero-order valence-corrected chi connectivity index (χ0v) is 21.2. The van der Waals surface area contributed by atoms with Gasteiger partial charge in [0.05, 0.1) is 5.51 Å². The van der Waals surface area contributed by atoms with Crippen molar-refractivity contribution in [2.24, 2.45) is 0 Å². The van der Waals surface area contributed by atoms with Crippen molar-refractivity contribution in [1.82, 2.24) is 9.88 Å². The highest BCUT2D eigenvalue weighted by Crippen LogP contribution is 2.34. The molecule has 0 spiro atoms. The maximum Gasteiger partial charge on any atom is 0.290 e. The minimum absolute atomic E-state index is 0.123. The summed E-state index contributed by atoms with van der Waals surface area (Å²) >= 11 is 7.37. The Bertz CT molecular complexity index is 1210. The molecule has 3 aromatic rings. The van der Waals surface area contributed by atoms with E-state index in [1.54, 1.807) is 0 Å². The molecule has 4 rings (SSSR count). The van der Waals surface area contributed by atoms with E-state index in [0.717, 1.165) is 32.0 Å². The number of anilines is 1. The average Bonchev–Trinajstić information content (AvgIpc) is 3.35. The number of aromatic nitrogens is 1. The Labute approximate surface area is 212 Å². The molecule has 0 saturated carbocycles. The summed E-state index contributed by atoms with van der Waals surface area (Å²) in [6.07, 6.45) is 1.41. The molecule has 0 bridgehead atoms. The number of carbonyl (C=O) groups is 1. The highest BCUT2D eigenvalue weighted by molar-refractivity contribution is 7.92. The third kappa shape index (κ3) is 6.91. The molecule has 0 unspecified atom stereocenters. The number of nitrogens with one attached hydrogen (secondary N) is 1. The van der Waals surface area contributed by atoms with Crippen LogP contribution in [0.2, 0.25) is 5.02 Å². The predicted molar refractivity (Wildman–Crippen MR) is 133 cm³/mol. The Balaban J connectivity index is 0.00000108. The van der Waals surface area contributed by atoms with Gasteiger partial charge in [-0.05, 0) is 37.5 Å². The number of sulfonamides is 1. The minimum Gasteiger partial charge on any atom is -0.489 e. The molecule has 0 amide bonds. The maximum absolute atomic E-state index is 14.8.